The zero-order valence-electron chi connectivity index (χ0n) is 10.4. The van der Waals surface area contributed by atoms with Crippen LogP contribution >= 0.6 is 11.6 Å². The topological polar surface area (TPSA) is 77.9 Å². The molecule has 0 unspecified atom stereocenters. The molecule has 0 saturated heterocycles. The minimum atomic E-state index is -0.552. The molecular weight excluding hydrogens is 268 g/mol. The molecule has 7 heteroatoms. The van der Waals surface area contributed by atoms with E-state index in [0.29, 0.717) is 5.82 Å². The van der Waals surface area contributed by atoms with Crippen molar-refractivity contribution in [3.8, 4) is 11.6 Å². The molecule has 2 rings (SSSR count). The molecule has 19 heavy (non-hydrogen) atoms. The van der Waals surface area contributed by atoms with Gasteiger partial charge in [-0.25, -0.2) is 24.7 Å². The molecule has 2 aromatic heterocycles. The predicted molar refractivity (Wildman–Crippen MR) is 68.8 cm³/mol. The maximum absolute atomic E-state index is 11.5. The number of esters is 1. The fraction of sp³-hybridized carbons (Fsp3) is 0.250. The van der Waals surface area contributed by atoms with Crippen molar-refractivity contribution in [1.82, 2.24) is 19.9 Å². The van der Waals surface area contributed by atoms with Gasteiger partial charge in [-0.05, 0) is 19.4 Å². The van der Waals surface area contributed by atoms with E-state index in [1.807, 2.05) is 6.92 Å². The molecule has 0 fully saturated rings. The number of carbonyl (C=O) groups is 1. The van der Waals surface area contributed by atoms with E-state index in [2.05, 4.69) is 19.9 Å². The average molecular weight is 279 g/mol. The summed E-state index contributed by atoms with van der Waals surface area (Å²) in [5, 5.41) is 0.0209. The summed E-state index contributed by atoms with van der Waals surface area (Å²) >= 11 is 5.93. The molecule has 0 aliphatic carbocycles. The lowest BCUT2D eigenvalue weighted by molar-refractivity contribution is 0.0525. The maximum atomic E-state index is 11.5. The fourth-order valence-corrected chi connectivity index (χ4v) is 1.53. The highest BCUT2D eigenvalue weighted by molar-refractivity contribution is 6.32. The summed E-state index contributed by atoms with van der Waals surface area (Å²) in [7, 11) is 0. The lowest BCUT2D eigenvalue weighted by Crippen LogP contribution is -2.08. The molecule has 2 aromatic rings. The summed E-state index contributed by atoms with van der Waals surface area (Å²) in [4.78, 5) is 27.7. The Kier molecular flexibility index (Phi) is 4.01. The van der Waals surface area contributed by atoms with Crippen LogP contribution in [0.1, 0.15) is 22.8 Å². The van der Waals surface area contributed by atoms with Gasteiger partial charge in [0.1, 0.15) is 10.7 Å². The third kappa shape index (κ3) is 3.03. The van der Waals surface area contributed by atoms with Crippen LogP contribution in [0.4, 0.5) is 0 Å². The molecule has 2 heterocycles. The first-order chi connectivity index (χ1) is 9.11. The maximum Gasteiger partial charge on any atom is 0.342 e. The number of carbonyl (C=O) groups excluding carboxylic acids is 1. The van der Waals surface area contributed by atoms with Gasteiger partial charge in [0, 0.05) is 18.6 Å². The largest absolute Gasteiger partial charge is 0.462 e. The van der Waals surface area contributed by atoms with E-state index in [4.69, 9.17) is 16.3 Å². The number of aromatic nitrogens is 4. The summed E-state index contributed by atoms with van der Waals surface area (Å²) in [6.45, 7) is 3.85. The number of nitrogens with zero attached hydrogens (tertiary/aromatic N) is 4. The second-order valence-electron chi connectivity index (χ2n) is 3.70. The number of ether oxygens (including phenoxy) is 1. The number of hydrogen-bond acceptors (Lipinski definition) is 6. The van der Waals surface area contributed by atoms with Crippen LogP contribution in [0.3, 0.4) is 0 Å². The van der Waals surface area contributed by atoms with Crippen LogP contribution in [0, 0.1) is 6.92 Å². The first kappa shape index (κ1) is 13.4. The van der Waals surface area contributed by atoms with Gasteiger partial charge in [0.2, 0.25) is 0 Å². The van der Waals surface area contributed by atoms with Gasteiger partial charge in [0.25, 0.3) is 0 Å². The molecule has 6 nitrogen and oxygen atoms in total. The van der Waals surface area contributed by atoms with E-state index in [1.54, 1.807) is 19.3 Å². The van der Waals surface area contributed by atoms with Crippen molar-refractivity contribution in [3.05, 3.63) is 34.9 Å². The van der Waals surface area contributed by atoms with Gasteiger partial charge in [0.05, 0.1) is 6.61 Å². The third-order valence-electron chi connectivity index (χ3n) is 2.22. The number of halogens is 1. The minimum absolute atomic E-state index is 0.0209. The first-order valence-electron chi connectivity index (χ1n) is 5.60. The van der Waals surface area contributed by atoms with Gasteiger partial charge in [-0.3, -0.25) is 0 Å². The second kappa shape index (κ2) is 5.71. The van der Waals surface area contributed by atoms with Crippen molar-refractivity contribution < 1.29 is 9.53 Å². The molecule has 0 N–H and O–H groups in total. The fourth-order valence-electron chi connectivity index (χ4n) is 1.32. The van der Waals surface area contributed by atoms with Gasteiger partial charge in [-0.1, -0.05) is 11.6 Å². The van der Waals surface area contributed by atoms with Gasteiger partial charge in [0.15, 0.2) is 11.6 Å². The van der Waals surface area contributed by atoms with Crippen LogP contribution in [0.5, 0.6) is 0 Å². The molecule has 98 valence electrons. The quantitative estimate of drug-likeness (QED) is 0.632. The van der Waals surface area contributed by atoms with E-state index in [0.717, 1.165) is 5.56 Å². The number of rotatable bonds is 3. The Hall–Kier alpha value is -2.08. The van der Waals surface area contributed by atoms with Crippen LogP contribution < -0.4 is 0 Å². The molecule has 0 radical (unpaired) electrons. The molecule has 0 atom stereocenters. The van der Waals surface area contributed by atoms with Crippen molar-refractivity contribution in [2.45, 2.75) is 13.8 Å². The normalized spacial score (nSPS) is 10.3. The molecule has 0 aliphatic rings. The standard InChI is InChI=1S/C12H11ClN4O2/c1-3-19-12(18)8-6-16-11(17-9(8)13)10-14-4-7(2)5-15-10/h4-6H,3H2,1-2H3. The molecule has 0 aliphatic heterocycles. The van der Waals surface area contributed by atoms with Crippen LogP contribution in [-0.2, 0) is 4.74 Å². The Balaban J connectivity index is 2.33. The Bertz CT molecular complexity index is 601. The lowest BCUT2D eigenvalue weighted by atomic mass is 10.3. The van der Waals surface area contributed by atoms with Crippen LogP contribution in [0.25, 0.3) is 11.6 Å². The highest BCUT2D eigenvalue weighted by Crippen LogP contribution is 2.17. The average Bonchev–Trinajstić information content (AvgIpc) is 2.39. The highest BCUT2D eigenvalue weighted by atomic mass is 35.5. The van der Waals surface area contributed by atoms with Crippen molar-refractivity contribution >= 4 is 17.6 Å². The van der Waals surface area contributed by atoms with Crippen molar-refractivity contribution in [2.75, 3.05) is 6.61 Å². The first-order valence-corrected chi connectivity index (χ1v) is 5.98. The summed E-state index contributed by atoms with van der Waals surface area (Å²) in [6.07, 6.45) is 4.61. The van der Waals surface area contributed by atoms with Gasteiger partial charge in [-0.15, -0.1) is 0 Å². The van der Waals surface area contributed by atoms with E-state index in [9.17, 15) is 4.79 Å². The summed E-state index contributed by atoms with van der Waals surface area (Å²) in [6, 6.07) is 0. The van der Waals surface area contributed by atoms with E-state index in [-0.39, 0.29) is 23.1 Å². The Labute approximate surface area is 114 Å². The summed E-state index contributed by atoms with van der Waals surface area (Å²) in [5.41, 5.74) is 1.05. The zero-order valence-corrected chi connectivity index (χ0v) is 11.2. The van der Waals surface area contributed by atoms with Crippen molar-refractivity contribution in [1.29, 1.82) is 0 Å². The van der Waals surface area contributed by atoms with Gasteiger partial charge < -0.3 is 4.74 Å². The molecule has 0 bridgehead atoms. The molecule has 0 saturated carbocycles. The van der Waals surface area contributed by atoms with Crippen molar-refractivity contribution in [3.63, 3.8) is 0 Å². The van der Waals surface area contributed by atoms with Crippen LogP contribution in [-0.4, -0.2) is 32.5 Å². The van der Waals surface area contributed by atoms with Gasteiger partial charge in [-0.2, -0.15) is 0 Å². The Morgan fingerprint density at radius 3 is 2.42 bits per heavy atom. The molecule has 0 spiro atoms. The van der Waals surface area contributed by atoms with Crippen molar-refractivity contribution in [2.24, 2.45) is 0 Å². The summed E-state index contributed by atoms with van der Waals surface area (Å²) < 4.78 is 4.84. The number of aryl methyl sites for hydroxylation is 1. The number of hydrogen-bond donors (Lipinski definition) is 0. The van der Waals surface area contributed by atoms with Crippen LogP contribution in [0.2, 0.25) is 5.15 Å². The third-order valence-corrected chi connectivity index (χ3v) is 2.51. The highest BCUT2D eigenvalue weighted by Gasteiger charge is 2.15. The molecule has 0 aromatic carbocycles. The SMILES string of the molecule is CCOC(=O)c1cnc(-c2ncc(C)cn2)nc1Cl. The second-order valence-corrected chi connectivity index (χ2v) is 4.06. The van der Waals surface area contributed by atoms with Crippen LogP contribution in [0.15, 0.2) is 18.6 Å². The summed E-state index contributed by atoms with van der Waals surface area (Å²) in [5.74, 6) is 0.0600. The van der Waals surface area contributed by atoms with E-state index >= 15 is 0 Å². The van der Waals surface area contributed by atoms with Gasteiger partial charge >= 0.3 is 5.97 Å². The Morgan fingerprint density at radius 1 is 1.21 bits per heavy atom. The monoisotopic (exact) mass is 278 g/mol. The predicted octanol–water partition coefficient (Wildman–Crippen LogP) is 2.07. The van der Waals surface area contributed by atoms with E-state index < -0.39 is 5.97 Å². The molecule has 0 amide bonds. The van der Waals surface area contributed by atoms with E-state index in [1.165, 1.54) is 6.20 Å². The lowest BCUT2D eigenvalue weighted by Gasteiger charge is -2.04. The Morgan fingerprint density at radius 2 is 1.84 bits per heavy atom. The molecular formula is C12H11ClN4O2. The zero-order chi connectivity index (χ0) is 13.8. The smallest absolute Gasteiger partial charge is 0.342 e. The minimum Gasteiger partial charge on any atom is -0.462 e.